The van der Waals surface area contributed by atoms with Gasteiger partial charge in [0.05, 0.1) is 12.6 Å². The largest absolute Gasteiger partial charge is 0.455 e. The van der Waals surface area contributed by atoms with Crippen LogP contribution in [0.3, 0.4) is 0 Å². The van der Waals surface area contributed by atoms with Crippen LogP contribution in [0, 0.1) is 13.8 Å². The minimum atomic E-state index is -2.27. The summed E-state index contributed by atoms with van der Waals surface area (Å²) in [4.78, 5) is 4.24. The number of aryl methyl sites for hydroxylation is 3. The van der Waals surface area contributed by atoms with Crippen molar-refractivity contribution in [2.75, 3.05) is 0 Å². The Kier molecular flexibility index (Phi) is 3.69. The van der Waals surface area contributed by atoms with Gasteiger partial charge in [-0.3, -0.25) is 0 Å². The highest BCUT2D eigenvalue weighted by atomic mass is 16.3. The molecule has 0 N–H and O–H groups in total. The number of furan rings is 1. The van der Waals surface area contributed by atoms with Gasteiger partial charge in [-0.25, -0.2) is 4.57 Å². The van der Waals surface area contributed by atoms with Crippen molar-refractivity contribution >= 4 is 32.7 Å². The molecule has 6 rings (SSSR count). The number of fused-ring (bicyclic) bond motifs is 7. The van der Waals surface area contributed by atoms with E-state index in [1.54, 1.807) is 12.5 Å². The molecule has 2 aromatic heterocycles. The lowest BCUT2D eigenvalue weighted by Gasteiger charge is -2.42. The molecule has 0 amide bonds. The van der Waals surface area contributed by atoms with E-state index in [0.717, 1.165) is 51.4 Å². The zero-order valence-electron chi connectivity index (χ0n) is 23.8. The van der Waals surface area contributed by atoms with E-state index < -0.39 is 6.85 Å². The van der Waals surface area contributed by atoms with Crippen LogP contribution in [-0.4, -0.2) is 4.98 Å². The molecule has 0 fully saturated rings. The number of hydrogen-bond acceptors (Lipinski definition) is 2. The lowest BCUT2D eigenvalue weighted by atomic mass is 9.62. The fraction of sp³-hybridized carbons (Fsp3) is 0.355. The van der Waals surface area contributed by atoms with Gasteiger partial charge in [-0.15, -0.1) is 0 Å². The maximum atomic E-state index is 8.39. The van der Waals surface area contributed by atoms with Gasteiger partial charge in [-0.2, -0.15) is 0 Å². The van der Waals surface area contributed by atoms with Crippen molar-refractivity contribution in [1.82, 2.24) is 4.98 Å². The van der Waals surface area contributed by atoms with Crippen LogP contribution < -0.4 is 4.57 Å². The fourth-order valence-corrected chi connectivity index (χ4v) is 6.11. The summed E-state index contributed by atoms with van der Waals surface area (Å²) < 4.78 is 34.0. The molecule has 2 heterocycles. The molecular weight excluding hydrogens is 416 g/mol. The smallest absolute Gasteiger partial charge is 0.286 e. The first-order valence-corrected chi connectivity index (χ1v) is 12.1. The quantitative estimate of drug-likeness (QED) is 0.245. The zero-order valence-corrected chi connectivity index (χ0v) is 20.8. The summed E-state index contributed by atoms with van der Waals surface area (Å²) in [6, 6.07) is 12.4. The van der Waals surface area contributed by atoms with Gasteiger partial charge >= 0.3 is 0 Å². The number of nitrogens with zero attached hydrogens (tertiary/aromatic N) is 2. The van der Waals surface area contributed by atoms with E-state index in [9.17, 15) is 0 Å². The van der Waals surface area contributed by atoms with E-state index >= 15 is 0 Å². The Morgan fingerprint density at radius 1 is 0.941 bits per heavy atom. The lowest BCUT2D eigenvalue weighted by Crippen LogP contribution is -2.34. The van der Waals surface area contributed by atoms with E-state index in [2.05, 4.69) is 50.9 Å². The first-order chi connectivity index (χ1) is 17.3. The average molecular weight is 453 g/mol. The third-order valence-corrected chi connectivity index (χ3v) is 8.07. The van der Waals surface area contributed by atoms with E-state index in [0.29, 0.717) is 16.5 Å². The summed E-state index contributed by atoms with van der Waals surface area (Å²) in [7, 11) is 1.95. The van der Waals surface area contributed by atoms with Crippen molar-refractivity contribution in [3.63, 3.8) is 0 Å². The summed E-state index contributed by atoms with van der Waals surface area (Å²) in [6.45, 7) is 8.98. The first kappa shape index (κ1) is 18.2. The minimum Gasteiger partial charge on any atom is -0.455 e. The molecule has 1 aliphatic carbocycles. The summed E-state index contributed by atoms with van der Waals surface area (Å²) >= 11 is 0. The number of benzene rings is 3. The van der Waals surface area contributed by atoms with Crippen molar-refractivity contribution in [2.24, 2.45) is 7.05 Å². The maximum absolute atomic E-state index is 8.39. The normalized spacial score (nSPS) is 18.6. The van der Waals surface area contributed by atoms with Crippen LogP contribution in [0.15, 0.2) is 53.3 Å². The van der Waals surface area contributed by atoms with Crippen LogP contribution in [0.5, 0.6) is 0 Å². The molecule has 0 saturated heterocycles. The van der Waals surface area contributed by atoms with Gasteiger partial charge in [0.15, 0.2) is 0 Å². The van der Waals surface area contributed by atoms with Gasteiger partial charge in [-0.05, 0) is 71.2 Å². The summed E-state index contributed by atoms with van der Waals surface area (Å²) in [5, 5.41) is 3.78. The molecule has 0 saturated carbocycles. The van der Waals surface area contributed by atoms with Crippen LogP contribution >= 0.6 is 0 Å². The van der Waals surface area contributed by atoms with E-state index in [1.807, 2.05) is 36.7 Å². The predicted molar refractivity (Wildman–Crippen MR) is 140 cm³/mol. The molecule has 34 heavy (non-hydrogen) atoms. The molecule has 3 aromatic carbocycles. The monoisotopic (exact) mass is 452 g/mol. The highest BCUT2D eigenvalue weighted by Crippen LogP contribution is 2.51. The Bertz CT molecular complexity index is 1740. The molecule has 172 valence electrons. The SMILES string of the molecule is [2H]C([2H])([2H])c1cc(C)c(-c2ccnc[n+]2C)c2oc3c(ccc4ccc5c(c43)C(C)(C)CCC5(C)C)c12. The molecular formula is C31H33N2O+. The van der Waals surface area contributed by atoms with Crippen molar-refractivity contribution in [2.45, 2.75) is 65.1 Å². The second-order valence-electron chi connectivity index (χ2n) is 11.3. The van der Waals surface area contributed by atoms with Crippen molar-refractivity contribution < 1.29 is 13.1 Å². The second kappa shape index (κ2) is 6.91. The van der Waals surface area contributed by atoms with Crippen LogP contribution in [0.1, 0.15) is 66.9 Å². The Hall–Kier alpha value is -3.20. The van der Waals surface area contributed by atoms with Gasteiger partial charge in [0.2, 0.25) is 0 Å². The standard InChI is InChI=1S/C31H33N2O/c1-18-16-19(2)25(23-12-15-32-17-33(23)7)29-24(18)21-10-8-20-9-11-22-27(26(20)28(21)34-29)31(5,6)14-13-30(22,3)4/h8-12,15-17H,13-14H2,1-7H3/q+1/i1D3. The predicted octanol–water partition coefficient (Wildman–Crippen LogP) is 7.59. The van der Waals surface area contributed by atoms with Gasteiger partial charge in [-0.1, -0.05) is 56.9 Å². The lowest BCUT2D eigenvalue weighted by molar-refractivity contribution is -0.663. The van der Waals surface area contributed by atoms with E-state index in [1.165, 1.54) is 11.1 Å². The molecule has 0 radical (unpaired) electrons. The Morgan fingerprint density at radius 2 is 1.71 bits per heavy atom. The van der Waals surface area contributed by atoms with Gasteiger partial charge in [0.25, 0.3) is 6.33 Å². The van der Waals surface area contributed by atoms with Gasteiger partial charge in [0.1, 0.15) is 23.1 Å². The van der Waals surface area contributed by atoms with Crippen LogP contribution in [0.4, 0.5) is 0 Å². The van der Waals surface area contributed by atoms with Crippen molar-refractivity contribution in [3.05, 3.63) is 71.2 Å². The highest BCUT2D eigenvalue weighted by Gasteiger charge is 2.39. The number of aromatic nitrogens is 2. The van der Waals surface area contributed by atoms with E-state index in [4.69, 9.17) is 8.53 Å². The zero-order chi connectivity index (χ0) is 26.5. The molecule has 0 aliphatic heterocycles. The van der Waals surface area contributed by atoms with Crippen molar-refractivity contribution in [3.8, 4) is 11.3 Å². The maximum Gasteiger partial charge on any atom is 0.286 e. The molecule has 0 atom stereocenters. The molecule has 0 bridgehead atoms. The second-order valence-corrected chi connectivity index (χ2v) is 11.3. The molecule has 1 aliphatic rings. The van der Waals surface area contributed by atoms with Gasteiger partial charge < -0.3 is 4.42 Å². The first-order valence-electron chi connectivity index (χ1n) is 13.6. The molecule has 3 nitrogen and oxygen atoms in total. The Morgan fingerprint density at radius 3 is 2.47 bits per heavy atom. The minimum absolute atomic E-state index is 0.0270. The summed E-state index contributed by atoms with van der Waals surface area (Å²) in [5.41, 5.74) is 7.17. The van der Waals surface area contributed by atoms with Crippen molar-refractivity contribution in [1.29, 1.82) is 0 Å². The Balaban J connectivity index is 1.87. The topological polar surface area (TPSA) is 29.9 Å². The summed E-state index contributed by atoms with van der Waals surface area (Å²) in [5.74, 6) is 0. The van der Waals surface area contributed by atoms with Gasteiger partial charge in [0, 0.05) is 26.3 Å². The summed E-state index contributed by atoms with van der Waals surface area (Å²) in [6.07, 6.45) is 5.73. The molecule has 0 unspecified atom stereocenters. The third kappa shape index (κ3) is 2.82. The molecule has 5 aromatic rings. The van der Waals surface area contributed by atoms with E-state index in [-0.39, 0.29) is 10.8 Å². The number of rotatable bonds is 1. The highest BCUT2D eigenvalue weighted by molar-refractivity contribution is 6.19. The van der Waals surface area contributed by atoms with Crippen LogP contribution in [-0.2, 0) is 17.9 Å². The van der Waals surface area contributed by atoms with Crippen LogP contribution in [0.25, 0.3) is 44.0 Å². The third-order valence-electron chi connectivity index (χ3n) is 8.07. The molecule has 0 spiro atoms. The number of hydrogen-bond donors (Lipinski definition) is 0. The van der Waals surface area contributed by atoms with Crippen LogP contribution in [0.2, 0.25) is 0 Å². The molecule has 3 heteroatoms. The average Bonchev–Trinajstić information content (AvgIpc) is 3.20. The Labute approximate surface area is 205 Å². The fourth-order valence-electron chi connectivity index (χ4n) is 6.11.